The topological polar surface area (TPSA) is 210 Å². The average Bonchev–Trinajstić information content (AvgIpc) is 3.25. The summed E-state index contributed by atoms with van der Waals surface area (Å²) in [5.74, 6) is -1.14. The molecule has 0 aliphatic heterocycles. The van der Waals surface area contributed by atoms with Crippen LogP contribution in [0.15, 0.2) is 36.5 Å². The number of hydrogen-bond acceptors (Lipinski definition) is 12. The fourth-order valence-electron chi connectivity index (χ4n) is 7.29. The lowest BCUT2D eigenvalue weighted by Crippen LogP contribution is -2.64. The van der Waals surface area contributed by atoms with E-state index in [1.54, 1.807) is 0 Å². The molecular weight excluding hydrogens is 815 g/mol. The van der Waals surface area contributed by atoms with E-state index in [1.807, 2.05) is 0 Å². The zero-order chi connectivity index (χ0) is 45.7. The molecule has 0 saturated heterocycles. The van der Waals surface area contributed by atoms with Gasteiger partial charge >= 0.3 is 19.8 Å². The molecule has 0 aromatic heterocycles. The van der Waals surface area contributed by atoms with Crippen LogP contribution in [0.3, 0.4) is 0 Å². The molecule has 0 radical (unpaired) electrons. The van der Waals surface area contributed by atoms with Crippen LogP contribution >= 0.6 is 7.82 Å². The van der Waals surface area contributed by atoms with Crippen molar-refractivity contribution in [2.45, 2.75) is 243 Å². The molecule has 13 nitrogen and oxygen atoms in total. The number of aliphatic hydroxyl groups excluding tert-OH is 5. The van der Waals surface area contributed by atoms with Gasteiger partial charge in [0.1, 0.15) is 43.2 Å². The summed E-state index contributed by atoms with van der Waals surface area (Å²) in [6.07, 6.45) is 30.5. The van der Waals surface area contributed by atoms with Gasteiger partial charge in [0.05, 0.1) is 6.61 Å². The van der Waals surface area contributed by atoms with Crippen LogP contribution in [-0.2, 0) is 32.7 Å². The Morgan fingerprint density at radius 1 is 0.500 bits per heavy atom. The quantitative estimate of drug-likeness (QED) is 0.0147. The number of rotatable bonds is 40. The minimum atomic E-state index is -5.13. The molecule has 0 aromatic carbocycles. The van der Waals surface area contributed by atoms with Crippen LogP contribution in [0, 0.1) is 0 Å². The largest absolute Gasteiger partial charge is 0.472 e. The highest BCUT2D eigenvalue weighted by Crippen LogP contribution is 2.47. The van der Waals surface area contributed by atoms with Gasteiger partial charge in [0.25, 0.3) is 0 Å². The first-order valence-corrected chi connectivity index (χ1v) is 25.8. The van der Waals surface area contributed by atoms with Crippen molar-refractivity contribution < 1.29 is 63.1 Å². The maximum atomic E-state index is 12.8. The molecule has 1 aliphatic rings. The van der Waals surface area contributed by atoms with Crippen LogP contribution in [-0.4, -0.2) is 98.3 Å². The van der Waals surface area contributed by atoms with Gasteiger partial charge in [-0.2, -0.15) is 0 Å². The number of hydrogen-bond donors (Lipinski definition) is 6. The summed E-state index contributed by atoms with van der Waals surface area (Å²) in [6.45, 7) is 3.25. The van der Waals surface area contributed by atoms with E-state index in [9.17, 15) is 44.6 Å². The van der Waals surface area contributed by atoms with E-state index < -0.39 is 75.7 Å². The van der Waals surface area contributed by atoms with Gasteiger partial charge in [-0.3, -0.25) is 18.6 Å². The van der Waals surface area contributed by atoms with Crippen molar-refractivity contribution in [3.8, 4) is 0 Å². The molecule has 0 aromatic rings. The van der Waals surface area contributed by atoms with E-state index >= 15 is 0 Å². The summed E-state index contributed by atoms with van der Waals surface area (Å²) >= 11 is 0. The third-order valence-electron chi connectivity index (χ3n) is 11.2. The first-order valence-electron chi connectivity index (χ1n) is 24.3. The molecule has 1 fully saturated rings. The molecule has 1 rings (SSSR count). The van der Waals surface area contributed by atoms with Crippen LogP contribution in [0.4, 0.5) is 0 Å². The second-order valence-corrected chi connectivity index (χ2v) is 18.4. The number of phosphoric ester groups is 1. The van der Waals surface area contributed by atoms with Gasteiger partial charge in [-0.05, 0) is 51.4 Å². The molecule has 1 aliphatic carbocycles. The fourth-order valence-corrected chi connectivity index (χ4v) is 8.27. The predicted molar refractivity (Wildman–Crippen MR) is 244 cm³/mol. The molecule has 6 unspecified atom stereocenters. The Kier molecular flexibility index (Phi) is 35.9. The second-order valence-electron chi connectivity index (χ2n) is 17.0. The lowest BCUT2D eigenvalue weighted by atomic mass is 9.85. The number of phosphoric acid groups is 1. The van der Waals surface area contributed by atoms with Crippen molar-refractivity contribution in [1.82, 2.24) is 0 Å². The summed E-state index contributed by atoms with van der Waals surface area (Å²) in [4.78, 5) is 35.7. The molecule has 14 heteroatoms. The van der Waals surface area contributed by atoms with Crippen molar-refractivity contribution in [2.75, 3.05) is 13.2 Å². The molecule has 6 N–H and O–H groups in total. The number of esters is 2. The minimum absolute atomic E-state index is 0.0918. The Hall–Kier alpha value is -1.93. The Morgan fingerprint density at radius 2 is 0.871 bits per heavy atom. The SMILES string of the molecule is CCCCC/C=C\C/C=C\C/C=C\CCCCC(=O)OC[C@H](COP(=O)(O)OC1C(O)C(O)C(O)[C@@H](O)C1O)OC(=O)CCCCCCCCCCCCCCCCCCCC. The summed E-state index contributed by atoms with van der Waals surface area (Å²) in [7, 11) is -5.13. The number of carbonyl (C=O) groups is 2. The van der Waals surface area contributed by atoms with Gasteiger partial charge in [0, 0.05) is 12.8 Å². The number of ether oxygens (including phenoxy) is 2. The third-order valence-corrected chi connectivity index (χ3v) is 12.2. The minimum Gasteiger partial charge on any atom is -0.462 e. The standard InChI is InChI=1S/C48H87O13P/c1-3-5-7-9-11-13-15-17-19-20-21-23-25-27-29-31-33-35-37-42(50)60-40(39-59-62(56,57)61-48-46(54)44(52)43(51)45(53)47(48)55)38-58-41(49)36-34-32-30-28-26-24-22-18-16-14-12-10-8-6-4-2/h12,14,18,22,26,28,40,43-48,51-55H,3-11,13,15-17,19-21,23-25,27,29-39H2,1-2H3,(H,56,57)/b14-12-,22-18-,28-26-/t40-,43?,44-,45?,46?,47?,48?/m1/s1. The Labute approximate surface area is 374 Å². The zero-order valence-electron chi connectivity index (χ0n) is 38.4. The normalized spacial score (nSPS) is 22.1. The van der Waals surface area contributed by atoms with Crippen LogP contribution in [0.5, 0.6) is 0 Å². The van der Waals surface area contributed by atoms with Gasteiger partial charge in [0.2, 0.25) is 0 Å². The molecular formula is C48H87O13P. The maximum absolute atomic E-state index is 12.8. The number of carbonyl (C=O) groups excluding carboxylic acids is 2. The molecule has 8 atom stereocenters. The molecule has 0 spiro atoms. The van der Waals surface area contributed by atoms with E-state index in [0.29, 0.717) is 12.8 Å². The van der Waals surface area contributed by atoms with E-state index in [0.717, 1.165) is 57.8 Å². The molecule has 0 amide bonds. The van der Waals surface area contributed by atoms with Gasteiger partial charge in [0.15, 0.2) is 6.10 Å². The van der Waals surface area contributed by atoms with Crippen LogP contribution in [0.1, 0.15) is 200 Å². The Balaban J connectivity index is 2.45. The van der Waals surface area contributed by atoms with Gasteiger partial charge in [-0.1, -0.05) is 172 Å². The first kappa shape index (κ1) is 58.1. The van der Waals surface area contributed by atoms with Crippen molar-refractivity contribution in [3.05, 3.63) is 36.5 Å². The highest BCUT2D eigenvalue weighted by atomic mass is 31.2. The fraction of sp³-hybridized carbons (Fsp3) is 0.833. The smallest absolute Gasteiger partial charge is 0.462 e. The van der Waals surface area contributed by atoms with Gasteiger partial charge in [-0.15, -0.1) is 0 Å². The molecule has 0 bridgehead atoms. The van der Waals surface area contributed by atoms with Crippen molar-refractivity contribution in [1.29, 1.82) is 0 Å². The van der Waals surface area contributed by atoms with Crippen molar-refractivity contribution >= 4 is 19.8 Å². The highest BCUT2D eigenvalue weighted by Gasteiger charge is 2.51. The van der Waals surface area contributed by atoms with Crippen LogP contribution in [0.25, 0.3) is 0 Å². The molecule has 0 heterocycles. The molecule has 62 heavy (non-hydrogen) atoms. The van der Waals surface area contributed by atoms with Crippen LogP contribution < -0.4 is 0 Å². The van der Waals surface area contributed by atoms with Gasteiger partial charge in [-0.25, -0.2) is 4.57 Å². The first-order chi connectivity index (χ1) is 29.9. The third kappa shape index (κ3) is 30.3. The molecule has 1 saturated carbocycles. The van der Waals surface area contributed by atoms with E-state index in [2.05, 4.69) is 50.3 Å². The summed E-state index contributed by atoms with van der Waals surface area (Å²) in [6, 6.07) is 0. The second kappa shape index (κ2) is 38.3. The number of unbranched alkanes of at least 4 members (excludes halogenated alkanes) is 22. The van der Waals surface area contributed by atoms with E-state index in [4.69, 9.17) is 18.5 Å². The summed E-state index contributed by atoms with van der Waals surface area (Å²) in [5.41, 5.74) is 0. The Bertz CT molecular complexity index is 1230. The monoisotopic (exact) mass is 903 g/mol. The van der Waals surface area contributed by atoms with Crippen molar-refractivity contribution in [2.24, 2.45) is 0 Å². The zero-order valence-corrected chi connectivity index (χ0v) is 39.3. The lowest BCUT2D eigenvalue weighted by Gasteiger charge is -2.41. The predicted octanol–water partition coefficient (Wildman–Crippen LogP) is 9.78. The van der Waals surface area contributed by atoms with E-state index in [1.165, 1.54) is 103 Å². The average molecular weight is 903 g/mol. The lowest BCUT2D eigenvalue weighted by molar-refractivity contribution is -0.220. The van der Waals surface area contributed by atoms with Gasteiger partial charge < -0.3 is 39.9 Å². The van der Waals surface area contributed by atoms with Crippen LogP contribution in [0.2, 0.25) is 0 Å². The van der Waals surface area contributed by atoms with E-state index in [-0.39, 0.29) is 12.8 Å². The summed E-state index contributed by atoms with van der Waals surface area (Å²) < 4.78 is 33.5. The summed E-state index contributed by atoms with van der Waals surface area (Å²) in [5, 5.41) is 50.2. The highest BCUT2D eigenvalue weighted by molar-refractivity contribution is 7.47. The van der Waals surface area contributed by atoms with Crippen molar-refractivity contribution in [3.63, 3.8) is 0 Å². The molecule has 362 valence electrons. The Morgan fingerprint density at radius 3 is 1.35 bits per heavy atom. The number of allylic oxidation sites excluding steroid dienone is 6. The number of aliphatic hydroxyl groups is 5. The maximum Gasteiger partial charge on any atom is 0.472 e.